The van der Waals surface area contributed by atoms with Crippen LogP contribution in [0, 0.1) is 27.7 Å². The number of rotatable bonds is 40. The number of aryl methyl sites for hydroxylation is 4. The van der Waals surface area contributed by atoms with E-state index in [4.69, 9.17) is 28.4 Å². The van der Waals surface area contributed by atoms with Crippen LogP contribution in [0.5, 0.6) is 34.5 Å². The van der Waals surface area contributed by atoms with E-state index in [0.29, 0.717) is 22.3 Å². The lowest BCUT2D eigenvalue weighted by molar-refractivity contribution is 0.0685. The molecule has 0 aliphatic rings. The molecule has 0 aliphatic carbocycles. The molecule has 0 radical (unpaired) electrons. The quantitative estimate of drug-likeness (QED) is 0.00970. The van der Waals surface area contributed by atoms with Crippen molar-refractivity contribution >= 4 is 136 Å². The molecular formula is C59H68N10O29S6. The fraction of sp³-hybridized carbons (Fsp3) is 0.339. The molecule has 0 unspecified atom stereocenters. The molecule has 45 heteroatoms. The minimum absolute atomic E-state index is 0.00662. The third kappa shape index (κ3) is 29.1. The first kappa shape index (κ1) is 83.1. The summed E-state index contributed by atoms with van der Waals surface area (Å²) in [5.41, 5.74) is 0.740. The number of carbonyl (C=O) groups is 3. The number of azo groups is 4. The second-order valence-corrected chi connectivity index (χ2v) is 31.5. The molecule has 0 fully saturated rings. The van der Waals surface area contributed by atoms with Crippen molar-refractivity contribution in [2.75, 3.05) is 84.8 Å². The maximum Gasteiger partial charge on any atom is 0.335 e. The Labute approximate surface area is 595 Å². The highest BCUT2D eigenvalue weighted by Gasteiger charge is 2.21. The van der Waals surface area contributed by atoms with Gasteiger partial charge in [-0.15, -0.1) is 20.5 Å². The van der Waals surface area contributed by atoms with Gasteiger partial charge in [0.25, 0.3) is 60.7 Å². The predicted octanol–water partition coefficient (Wildman–Crippen LogP) is 10.8. The number of urea groups is 1. The molecule has 0 aromatic heterocycles. The minimum Gasteiger partial charge on any atom is -0.491 e. The molecule has 2 amide bonds. The van der Waals surface area contributed by atoms with Crippen molar-refractivity contribution in [2.24, 2.45) is 40.9 Å². The number of hydrogen-bond acceptors (Lipinski definition) is 29. The molecule has 0 heterocycles. The van der Waals surface area contributed by atoms with Crippen LogP contribution in [0.3, 0.4) is 0 Å². The molecule has 0 atom stereocenters. The second-order valence-electron chi connectivity index (χ2n) is 22.1. The summed E-state index contributed by atoms with van der Waals surface area (Å²) in [7, 11) is -26.8. The van der Waals surface area contributed by atoms with Crippen molar-refractivity contribution in [2.45, 2.75) is 53.4 Å². The number of amides is 2. The molecule has 0 aliphatic heterocycles. The van der Waals surface area contributed by atoms with Crippen molar-refractivity contribution < 1.29 is 131 Å². The van der Waals surface area contributed by atoms with Crippen LogP contribution < -0.4 is 39.1 Å². The van der Waals surface area contributed by atoms with E-state index >= 15 is 0 Å². The van der Waals surface area contributed by atoms with E-state index in [1.54, 1.807) is 27.7 Å². The summed E-state index contributed by atoms with van der Waals surface area (Å²) < 4.78 is 229. The van der Waals surface area contributed by atoms with Crippen molar-refractivity contribution in [3.05, 3.63) is 118 Å². The number of nitrogens with zero attached hydrogens (tertiary/aromatic N) is 8. The van der Waals surface area contributed by atoms with Gasteiger partial charge >= 0.3 is 18.0 Å². The topological polar surface area (TPSA) is 596 Å². The number of ether oxygens (including phenoxy) is 6. The molecule has 6 aromatic carbocycles. The number of anilines is 2. The summed E-state index contributed by atoms with van der Waals surface area (Å²) in [4.78, 5) is 37.6. The average Bonchev–Trinajstić information content (AvgIpc) is 0.821. The number of carboxylic acid groups (broad SMARTS) is 2. The SMILES string of the molecule is Cc1cc(NC(=O)Nc2cc(C)c(N=Nc3cc(C)c(N=Nc4ccc(C(=O)O)cc4OCCS(=O)(=O)O)cc3OCCCS(=O)(=O)O)cc2OCCCS(=O)(=O)O)c(OCCCS(=O)(=O)O)cc1N=Nc1cc(C)c(N=Nc2ccc(C(=O)O)cc2OCCS(=O)(=O)O)cc1OCCCS(=O)(=O)O. The van der Waals surface area contributed by atoms with Crippen LogP contribution in [0.25, 0.3) is 0 Å². The van der Waals surface area contributed by atoms with E-state index in [-0.39, 0.29) is 155 Å². The number of aromatic carboxylic acids is 2. The van der Waals surface area contributed by atoms with Gasteiger partial charge in [0.2, 0.25) is 0 Å². The van der Waals surface area contributed by atoms with Gasteiger partial charge in [-0.1, -0.05) is 0 Å². The fourth-order valence-corrected chi connectivity index (χ4v) is 11.1. The normalized spacial score (nSPS) is 12.5. The highest BCUT2D eigenvalue weighted by Crippen LogP contribution is 2.43. The molecule has 104 heavy (non-hydrogen) atoms. The number of carbonyl (C=O) groups excluding carboxylic acids is 1. The smallest absolute Gasteiger partial charge is 0.335 e. The Bertz CT molecular complexity index is 4730. The molecule has 10 N–H and O–H groups in total. The third-order valence-electron chi connectivity index (χ3n) is 13.5. The molecule has 564 valence electrons. The summed E-state index contributed by atoms with van der Waals surface area (Å²) in [6.45, 7) is 3.60. The molecule has 6 aromatic rings. The van der Waals surface area contributed by atoms with Crippen LogP contribution in [-0.2, 0) is 60.7 Å². The Morgan fingerprint density at radius 3 is 0.837 bits per heavy atom. The standard InChI is InChI=1S/C59H68N10O29S6/c1-35-25-47(53(93-13-5-19-99(75,76)77)31-43(35)66-68-49-27-37(3)45(33-55(49)95-15-7-21-101(81,82)83)64-62-41-11-9-39(57(70)71)29-51(41)97-17-23-103(87,88)89)60-59(74)61-48-26-36(2)44(32-54(48)94-14-6-20-100(78,79)80)67-69-50-28-38(4)46(34-56(50)96-16-8-22-102(84,85)86)65-63-42-12-10-40(58(72)73)30-52(42)98-18-24-104(90,91)92/h9-12,25-34H,5-8,13-24H2,1-4H3,(H,70,71)(H,72,73)(H2,60,61,74)(H,75,76,77)(H,78,79,80)(H,81,82,83)(H,84,85,86)(H,87,88,89)(H,90,91,92). The lowest BCUT2D eigenvalue weighted by Gasteiger charge is -2.17. The maximum atomic E-state index is 14.2. The van der Waals surface area contributed by atoms with Crippen molar-refractivity contribution in [3.8, 4) is 34.5 Å². The average molecular weight is 1570 g/mol. The first-order valence-corrected chi connectivity index (χ1v) is 39.7. The molecule has 0 bridgehead atoms. The summed E-state index contributed by atoms with van der Waals surface area (Å²) in [6, 6.07) is 16.7. The first-order chi connectivity index (χ1) is 48.5. The van der Waals surface area contributed by atoms with E-state index < -0.39 is 126 Å². The van der Waals surface area contributed by atoms with E-state index in [1.807, 2.05) is 0 Å². The first-order valence-electron chi connectivity index (χ1n) is 30.0. The lowest BCUT2D eigenvalue weighted by Crippen LogP contribution is -2.21. The summed E-state index contributed by atoms with van der Waals surface area (Å²) >= 11 is 0. The van der Waals surface area contributed by atoms with Gasteiger partial charge in [-0.05, 0) is 136 Å². The van der Waals surface area contributed by atoms with Crippen molar-refractivity contribution in [3.63, 3.8) is 0 Å². The van der Waals surface area contributed by atoms with Gasteiger partial charge in [-0.25, -0.2) is 14.4 Å². The van der Waals surface area contributed by atoms with Crippen molar-refractivity contribution in [1.29, 1.82) is 0 Å². The van der Waals surface area contributed by atoms with E-state index in [2.05, 4.69) is 51.5 Å². The van der Waals surface area contributed by atoms with Crippen LogP contribution >= 0.6 is 0 Å². The number of benzene rings is 6. The summed E-state index contributed by atoms with van der Waals surface area (Å²) in [5, 5.41) is 58.6. The van der Waals surface area contributed by atoms with Crippen LogP contribution in [0.2, 0.25) is 0 Å². The number of nitrogens with one attached hydrogen (secondary N) is 2. The monoisotopic (exact) mass is 1570 g/mol. The fourth-order valence-electron chi connectivity index (χ4n) is 8.54. The number of carboxylic acids is 2. The van der Waals surface area contributed by atoms with E-state index in [1.165, 1.54) is 72.8 Å². The Morgan fingerprint density at radius 1 is 0.308 bits per heavy atom. The van der Waals surface area contributed by atoms with Gasteiger partial charge in [-0.2, -0.15) is 71.0 Å². The lowest BCUT2D eigenvalue weighted by atomic mass is 10.1. The largest absolute Gasteiger partial charge is 0.491 e. The summed E-state index contributed by atoms with van der Waals surface area (Å²) in [5.74, 6) is -8.22. The maximum absolute atomic E-state index is 14.2. The third-order valence-corrected chi connectivity index (χ3v) is 18.1. The molecular weight excluding hydrogens is 1510 g/mol. The summed E-state index contributed by atoms with van der Waals surface area (Å²) in [6.07, 6.45) is -0.988. The van der Waals surface area contributed by atoms with Gasteiger partial charge < -0.3 is 49.3 Å². The van der Waals surface area contributed by atoms with Crippen LogP contribution in [0.1, 0.15) is 68.7 Å². The molecule has 0 saturated carbocycles. The zero-order valence-corrected chi connectivity index (χ0v) is 60.0. The van der Waals surface area contributed by atoms with Gasteiger partial charge in [0, 0.05) is 24.3 Å². The van der Waals surface area contributed by atoms with Gasteiger partial charge in [-0.3, -0.25) is 27.3 Å². The minimum atomic E-state index is -4.49. The second kappa shape index (κ2) is 36.6. The Kier molecular flexibility index (Phi) is 29.2. The van der Waals surface area contributed by atoms with Crippen molar-refractivity contribution in [1.82, 2.24) is 0 Å². The molecule has 6 rings (SSSR count). The highest BCUT2D eigenvalue weighted by molar-refractivity contribution is 7.87. The Morgan fingerprint density at radius 2 is 0.548 bits per heavy atom. The van der Waals surface area contributed by atoms with Crippen LogP contribution in [0.4, 0.5) is 61.7 Å². The van der Waals surface area contributed by atoms with Crippen LogP contribution in [0.15, 0.2) is 126 Å². The number of hydrogen-bond donors (Lipinski definition) is 10. The highest BCUT2D eigenvalue weighted by atomic mass is 32.2. The van der Waals surface area contributed by atoms with E-state index in [9.17, 15) is 102 Å². The Hall–Kier alpha value is -9.81. The zero-order chi connectivity index (χ0) is 77.0. The predicted molar refractivity (Wildman–Crippen MR) is 371 cm³/mol. The molecule has 0 saturated heterocycles. The molecule has 0 spiro atoms. The van der Waals surface area contributed by atoms with Gasteiger partial charge in [0.05, 0.1) is 94.7 Å². The molecule has 39 nitrogen and oxygen atoms in total. The van der Waals surface area contributed by atoms with Crippen LogP contribution in [-0.4, -0.2) is 180 Å². The Balaban J connectivity index is 1.35. The zero-order valence-electron chi connectivity index (χ0n) is 55.1. The van der Waals surface area contributed by atoms with E-state index in [0.717, 1.165) is 12.1 Å². The van der Waals surface area contributed by atoms with Gasteiger partial charge in [0.15, 0.2) is 0 Å². The van der Waals surface area contributed by atoms with Gasteiger partial charge in [0.1, 0.15) is 82.0 Å².